The molecule has 0 radical (unpaired) electrons. The van der Waals surface area contributed by atoms with Gasteiger partial charge in [0, 0.05) is 10.5 Å². The quantitative estimate of drug-likeness (QED) is 0.840. The first-order valence-electron chi connectivity index (χ1n) is 7.19. The van der Waals surface area contributed by atoms with Crippen molar-refractivity contribution in [1.29, 1.82) is 0 Å². The van der Waals surface area contributed by atoms with Crippen LogP contribution < -0.4 is 10.5 Å². The molecule has 21 heavy (non-hydrogen) atoms. The van der Waals surface area contributed by atoms with Crippen molar-refractivity contribution in [1.82, 2.24) is 0 Å². The van der Waals surface area contributed by atoms with Crippen molar-refractivity contribution in [2.75, 3.05) is 7.11 Å². The highest BCUT2D eigenvalue weighted by Gasteiger charge is 2.11. The fraction of sp³-hybridized carbons (Fsp3) is 0.333. The average Bonchev–Trinajstić information content (AvgIpc) is 2.49. The molecule has 0 aromatic heterocycles. The molecule has 2 N–H and O–H groups in total. The monoisotopic (exact) mass is 347 g/mol. The molecule has 0 bridgehead atoms. The summed E-state index contributed by atoms with van der Waals surface area (Å²) in [6.07, 6.45) is 0.777. The number of hydrogen-bond donors (Lipinski definition) is 1. The van der Waals surface area contributed by atoms with E-state index in [0.717, 1.165) is 27.8 Å². The third-order valence-corrected chi connectivity index (χ3v) is 4.50. The highest BCUT2D eigenvalue weighted by Crippen LogP contribution is 2.27. The van der Waals surface area contributed by atoms with E-state index >= 15 is 0 Å². The summed E-state index contributed by atoms with van der Waals surface area (Å²) in [7, 11) is 1.68. The summed E-state index contributed by atoms with van der Waals surface area (Å²) < 4.78 is 6.34. The Morgan fingerprint density at radius 3 is 2.24 bits per heavy atom. The van der Waals surface area contributed by atoms with Crippen molar-refractivity contribution in [3.05, 3.63) is 63.6 Å². The lowest BCUT2D eigenvalue weighted by atomic mass is 9.96. The number of methoxy groups -OCH3 is 1. The van der Waals surface area contributed by atoms with Gasteiger partial charge in [-0.1, -0.05) is 54.0 Å². The minimum absolute atomic E-state index is 0.0189. The lowest BCUT2D eigenvalue weighted by Crippen LogP contribution is -2.13. The molecule has 112 valence electrons. The van der Waals surface area contributed by atoms with Gasteiger partial charge < -0.3 is 10.5 Å². The molecular formula is C18H22BrNO. The van der Waals surface area contributed by atoms with Crippen molar-refractivity contribution in [2.24, 2.45) is 5.73 Å². The zero-order chi connectivity index (χ0) is 15.4. The normalized spacial score (nSPS) is 12.5. The average molecular weight is 348 g/mol. The third-order valence-electron chi connectivity index (χ3n) is 3.72. The number of ether oxygens (including phenoxy) is 1. The Morgan fingerprint density at radius 1 is 1.05 bits per heavy atom. The summed E-state index contributed by atoms with van der Waals surface area (Å²) in [5.41, 5.74) is 10.0. The molecule has 0 aliphatic rings. The maximum atomic E-state index is 6.35. The van der Waals surface area contributed by atoms with Crippen LogP contribution in [0.4, 0.5) is 0 Å². The van der Waals surface area contributed by atoms with E-state index in [2.05, 4.69) is 54.0 Å². The largest absolute Gasteiger partial charge is 0.497 e. The number of nitrogens with two attached hydrogens (primary N) is 1. The van der Waals surface area contributed by atoms with E-state index < -0.39 is 0 Å². The van der Waals surface area contributed by atoms with Crippen LogP contribution in [-0.2, 0) is 6.42 Å². The lowest BCUT2D eigenvalue weighted by Gasteiger charge is -2.15. The molecule has 0 spiro atoms. The second-order valence-corrected chi connectivity index (χ2v) is 6.44. The van der Waals surface area contributed by atoms with Gasteiger partial charge >= 0.3 is 0 Å². The summed E-state index contributed by atoms with van der Waals surface area (Å²) in [5.74, 6) is 1.40. The first-order chi connectivity index (χ1) is 10.0. The van der Waals surface area contributed by atoms with Crippen LogP contribution >= 0.6 is 15.9 Å². The Balaban J connectivity index is 2.15. The maximum Gasteiger partial charge on any atom is 0.119 e. The molecule has 0 saturated heterocycles. The van der Waals surface area contributed by atoms with Crippen LogP contribution in [0.1, 0.15) is 42.5 Å². The van der Waals surface area contributed by atoms with Gasteiger partial charge in [0.1, 0.15) is 5.75 Å². The summed E-state index contributed by atoms with van der Waals surface area (Å²) in [5, 5.41) is 0. The molecule has 1 atom stereocenters. The lowest BCUT2D eigenvalue weighted by molar-refractivity contribution is 0.414. The number of benzene rings is 2. The van der Waals surface area contributed by atoms with Crippen LogP contribution in [-0.4, -0.2) is 7.11 Å². The number of hydrogen-bond acceptors (Lipinski definition) is 2. The molecule has 2 aromatic carbocycles. The zero-order valence-corrected chi connectivity index (χ0v) is 14.4. The summed E-state index contributed by atoms with van der Waals surface area (Å²) in [6.45, 7) is 4.39. The van der Waals surface area contributed by atoms with Crippen LogP contribution in [0.25, 0.3) is 0 Å². The van der Waals surface area contributed by atoms with Crippen LogP contribution in [0.2, 0.25) is 0 Å². The van der Waals surface area contributed by atoms with Gasteiger partial charge in [-0.25, -0.2) is 0 Å². The molecule has 0 aliphatic heterocycles. The van der Waals surface area contributed by atoms with Gasteiger partial charge in [-0.2, -0.15) is 0 Å². The third kappa shape index (κ3) is 4.08. The molecule has 1 unspecified atom stereocenters. The van der Waals surface area contributed by atoms with Gasteiger partial charge in [-0.05, 0) is 47.2 Å². The smallest absolute Gasteiger partial charge is 0.119 e. The van der Waals surface area contributed by atoms with Gasteiger partial charge in [0.2, 0.25) is 0 Å². The Bertz CT molecular complexity index is 593. The van der Waals surface area contributed by atoms with E-state index in [-0.39, 0.29) is 6.04 Å². The second-order valence-electron chi connectivity index (χ2n) is 5.59. The Labute approximate surface area is 135 Å². The molecule has 3 heteroatoms. The summed E-state index contributed by atoms with van der Waals surface area (Å²) in [6, 6.07) is 14.6. The highest BCUT2D eigenvalue weighted by molar-refractivity contribution is 9.10. The van der Waals surface area contributed by atoms with Crippen LogP contribution in [0.3, 0.4) is 0 Å². The van der Waals surface area contributed by atoms with Crippen LogP contribution in [0.5, 0.6) is 5.75 Å². The molecule has 2 rings (SSSR count). The Hall–Kier alpha value is -1.32. The Kier molecular flexibility index (Phi) is 5.43. The first kappa shape index (κ1) is 16.1. The fourth-order valence-electron chi connectivity index (χ4n) is 2.32. The van der Waals surface area contributed by atoms with Crippen LogP contribution in [0, 0.1) is 0 Å². The van der Waals surface area contributed by atoms with Crippen molar-refractivity contribution in [3.63, 3.8) is 0 Å². The summed E-state index contributed by atoms with van der Waals surface area (Å²) in [4.78, 5) is 0. The maximum absolute atomic E-state index is 6.35. The van der Waals surface area contributed by atoms with Crippen molar-refractivity contribution >= 4 is 15.9 Å². The topological polar surface area (TPSA) is 35.2 Å². The van der Waals surface area contributed by atoms with E-state index in [4.69, 9.17) is 10.5 Å². The van der Waals surface area contributed by atoms with Gasteiger partial charge in [-0.15, -0.1) is 0 Å². The van der Waals surface area contributed by atoms with Gasteiger partial charge in [0.25, 0.3) is 0 Å². The van der Waals surface area contributed by atoms with E-state index in [1.54, 1.807) is 7.11 Å². The van der Waals surface area contributed by atoms with Crippen molar-refractivity contribution in [2.45, 2.75) is 32.2 Å². The predicted octanol–water partition coefficient (Wildman–Crippen LogP) is 4.82. The molecule has 0 amide bonds. The van der Waals surface area contributed by atoms with Crippen LogP contribution in [0.15, 0.2) is 46.9 Å². The molecule has 0 heterocycles. The minimum atomic E-state index is -0.0189. The second kappa shape index (κ2) is 7.10. The van der Waals surface area contributed by atoms with Gasteiger partial charge in [0.05, 0.1) is 7.11 Å². The number of rotatable bonds is 5. The van der Waals surface area contributed by atoms with E-state index in [1.165, 1.54) is 5.56 Å². The summed E-state index contributed by atoms with van der Waals surface area (Å²) >= 11 is 3.58. The van der Waals surface area contributed by atoms with Crippen molar-refractivity contribution in [3.8, 4) is 5.75 Å². The molecule has 0 aliphatic carbocycles. The zero-order valence-electron chi connectivity index (χ0n) is 12.8. The van der Waals surface area contributed by atoms with Crippen molar-refractivity contribution < 1.29 is 4.74 Å². The molecule has 2 aromatic rings. The van der Waals surface area contributed by atoms with E-state index in [1.807, 2.05) is 18.2 Å². The highest BCUT2D eigenvalue weighted by atomic mass is 79.9. The minimum Gasteiger partial charge on any atom is -0.497 e. The predicted molar refractivity (Wildman–Crippen MR) is 91.9 cm³/mol. The van der Waals surface area contributed by atoms with E-state index in [0.29, 0.717) is 5.92 Å². The first-order valence-corrected chi connectivity index (χ1v) is 7.98. The SMILES string of the molecule is COc1ccc(Br)c(CC(N)c2ccc(C(C)C)cc2)c1. The molecule has 0 saturated carbocycles. The van der Waals surface area contributed by atoms with Gasteiger partial charge in [0.15, 0.2) is 0 Å². The van der Waals surface area contributed by atoms with Gasteiger partial charge in [-0.3, -0.25) is 0 Å². The standard InChI is InChI=1S/C18H22BrNO/c1-12(2)13-4-6-14(7-5-13)18(20)11-15-10-16(21-3)8-9-17(15)19/h4-10,12,18H,11,20H2,1-3H3. The molecule has 0 fully saturated rings. The molecule has 2 nitrogen and oxygen atoms in total. The van der Waals surface area contributed by atoms with E-state index in [9.17, 15) is 0 Å². The number of halogens is 1. The molecular weight excluding hydrogens is 326 g/mol. The Morgan fingerprint density at radius 2 is 1.67 bits per heavy atom. The fourth-order valence-corrected chi connectivity index (χ4v) is 2.73.